The van der Waals surface area contributed by atoms with Crippen molar-refractivity contribution in [3.8, 4) is 0 Å². The first kappa shape index (κ1) is 12.9. The fourth-order valence-corrected chi connectivity index (χ4v) is 5.96. The van der Waals surface area contributed by atoms with E-state index in [9.17, 15) is 4.79 Å². The topological polar surface area (TPSA) is 23.6 Å². The van der Waals surface area contributed by atoms with Gasteiger partial charge in [0.05, 0.1) is 3.92 Å². The zero-order chi connectivity index (χ0) is 13.0. The van der Waals surface area contributed by atoms with Gasteiger partial charge in [0, 0.05) is 18.6 Å². The average molecular weight is 374 g/mol. The Morgan fingerprint density at radius 2 is 1.84 bits per heavy atom. The van der Waals surface area contributed by atoms with E-state index in [1.165, 1.54) is 45.2 Å². The lowest BCUT2D eigenvalue weighted by molar-refractivity contribution is -0.149. The number of piperidine rings is 4. The van der Waals surface area contributed by atoms with E-state index in [2.05, 4.69) is 32.4 Å². The van der Waals surface area contributed by atoms with Crippen LogP contribution in [-0.4, -0.2) is 51.3 Å². The lowest BCUT2D eigenvalue weighted by Gasteiger charge is -2.59. The maximum Gasteiger partial charge on any atom is 0.235 e. The predicted molar refractivity (Wildman–Crippen MR) is 83.4 cm³/mol. The summed E-state index contributed by atoms with van der Waals surface area (Å²) in [5, 5.41) is 0. The number of amides is 1. The lowest BCUT2D eigenvalue weighted by atomic mass is 9.68. The molecule has 4 aliphatic heterocycles. The standard InChI is InChI=1S/C15H23IN2O/c16-12-5-6-13-11-4-2-8-17-7-1-3-10(14(11)17)9-18(13)15(12)19/h10-14H,1-9H2/t10-,11+,12?,13+,14+/m0/s1. The SMILES string of the molecule is O=C1C(I)CC[C@@H]2[C@H]3CCCN4CCC[C@@H](CN12)[C@H]34. The molecule has 0 aromatic carbocycles. The second-order valence-corrected chi connectivity index (χ2v) is 8.34. The summed E-state index contributed by atoms with van der Waals surface area (Å²) in [7, 11) is 0. The van der Waals surface area contributed by atoms with Gasteiger partial charge in [0.25, 0.3) is 0 Å². The number of nitrogens with zero attached hydrogens (tertiary/aromatic N) is 2. The molecule has 1 unspecified atom stereocenters. The van der Waals surface area contributed by atoms with Gasteiger partial charge in [0.15, 0.2) is 0 Å². The Morgan fingerprint density at radius 1 is 1.05 bits per heavy atom. The van der Waals surface area contributed by atoms with Gasteiger partial charge in [0.1, 0.15) is 0 Å². The molecule has 4 aliphatic rings. The van der Waals surface area contributed by atoms with Crippen molar-refractivity contribution < 1.29 is 4.79 Å². The van der Waals surface area contributed by atoms with Crippen LogP contribution in [0.25, 0.3) is 0 Å². The Kier molecular flexibility index (Phi) is 3.29. The summed E-state index contributed by atoms with van der Waals surface area (Å²) < 4.78 is 0.244. The van der Waals surface area contributed by atoms with Crippen molar-refractivity contribution in [2.45, 2.75) is 54.5 Å². The molecule has 4 rings (SSSR count). The second-order valence-electron chi connectivity index (χ2n) is 6.84. The fourth-order valence-electron chi connectivity index (χ4n) is 5.24. The van der Waals surface area contributed by atoms with Crippen LogP contribution in [0.1, 0.15) is 38.5 Å². The van der Waals surface area contributed by atoms with Crippen LogP contribution in [0.5, 0.6) is 0 Å². The Bertz CT molecular complexity index is 386. The molecule has 1 amide bonds. The number of carbonyl (C=O) groups is 1. The highest BCUT2D eigenvalue weighted by Gasteiger charge is 2.51. The van der Waals surface area contributed by atoms with Crippen LogP contribution in [0.3, 0.4) is 0 Å². The van der Waals surface area contributed by atoms with Crippen molar-refractivity contribution in [2.75, 3.05) is 19.6 Å². The van der Waals surface area contributed by atoms with Crippen LogP contribution in [0.15, 0.2) is 0 Å². The van der Waals surface area contributed by atoms with E-state index in [-0.39, 0.29) is 3.92 Å². The van der Waals surface area contributed by atoms with Crippen molar-refractivity contribution in [2.24, 2.45) is 11.8 Å². The normalized spacial score (nSPS) is 46.7. The van der Waals surface area contributed by atoms with E-state index in [4.69, 9.17) is 0 Å². The second kappa shape index (κ2) is 4.86. The number of carbonyl (C=O) groups excluding carboxylic acids is 1. The van der Waals surface area contributed by atoms with Crippen LogP contribution in [0.4, 0.5) is 0 Å². The van der Waals surface area contributed by atoms with Crippen LogP contribution in [0.2, 0.25) is 0 Å². The molecule has 0 saturated carbocycles. The third-order valence-corrected chi connectivity index (χ3v) is 7.09. The van der Waals surface area contributed by atoms with Gasteiger partial charge in [-0.2, -0.15) is 0 Å². The van der Waals surface area contributed by atoms with Gasteiger partial charge in [-0.3, -0.25) is 9.69 Å². The van der Waals surface area contributed by atoms with E-state index in [0.29, 0.717) is 11.9 Å². The highest BCUT2D eigenvalue weighted by molar-refractivity contribution is 14.1. The molecule has 3 nitrogen and oxygen atoms in total. The first-order valence-corrected chi connectivity index (χ1v) is 9.19. The molecule has 106 valence electrons. The number of rotatable bonds is 0. The monoisotopic (exact) mass is 374 g/mol. The lowest BCUT2D eigenvalue weighted by Crippen LogP contribution is -2.67. The van der Waals surface area contributed by atoms with Crippen LogP contribution in [-0.2, 0) is 4.79 Å². The number of fused-ring (bicyclic) bond motifs is 2. The molecule has 0 aliphatic carbocycles. The molecule has 0 radical (unpaired) electrons. The minimum absolute atomic E-state index is 0.244. The maximum atomic E-state index is 12.5. The summed E-state index contributed by atoms with van der Waals surface area (Å²) >= 11 is 2.36. The summed E-state index contributed by atoms with van der Waals surface area (Å²) in [4.78, 5) is 17.6. The Balaban J connectivity index is 1.65. The molecule has 0 aromatic heterocycles. The molecule has 0 bridgehead atoms. The highest BCUT2D eigenvalue weighted by atomic mass is 127. The summed E-state index contributed by atoms with van der Waals surface area (Å²) in [5.74, 6) is 1.99. The summed E-state index contributed by atoms with van der Waals surface area (Å²) in [5.41, 5.74) is 0. The van der Waals surface area contributed by atoms with Gasteiger partial charge >= 0.3 is 0 Å². The number of hydrogen-bond acceptors (Lipinski definition) is 2. The third kappa shape index (κ3) is 1.96. The van der Waals surface area contributed by atoms with E-state index in [0.717, 1.165) is 30.8 Å². The van der Waals surface area contributed by atoms with Crippen molar-refractivity contribution in [3.05, 3.63) is 0 Å². The first-order chi connectivity index (χ1) is 9.25. The zero-order valence-corrected chi connectivity index (χ0v) is 13.6. The number of halogens is 1. The molecular formula is C15H23IN2O. The molecular weight excluding hydrogens is 351 g/mol. The van der Waals surface area contributed by atoms with Crippen molar-refractivity contribution in [1.82, 2.24) is 9.80 Å². The zero-order valence-electron chi connectivity index (χ0n) is 11.4. The van der Waals surface area contributed by atoms with Crippen LogP contribution < -0.4 is 0 Å². The smallest absolute Gasteiger partial charge is 0.235 e. The summed E-state index contributed by atoms with van der Waals surface area (Å²) in [6.07, 6.45) is 7.75. The van der Waals surface area contributed by atoms with Gasteiger partial charge < -0.3 is 4.90 Å². The summed E-state index contributed by atoms with van der Waals surface area (Å²) in [6.45, 7) is 3.68. The maximum absolute atomic E-state index is 12.5. The average Bonchev–Trinajstić information content (AvgIpc) is 2.44. The third-order valence-electron chi connectivity index (χ3n) is 5.94. The van der Waals surface area contributed by atoms with Crippen LogP contribution >= 0.6 is 22.6 Å². The Hall–Kier alpha value is 0.160. The van der Waals surface area contributed by atoms with Gasteiger partial charge in [0.2, 0.25) is 5.91 Å². The molecule has 0 N–H and O–H groups in total. The summed E-state index contributed by atoms with van der Waals surface area (Å²) in [6, 6.07) is 1.38. The molecule has 4 heterocycles. The first-order valence-electron chi connectivity index (χ1n) is 7.94. The molecule has 5 atom stereocenters. The van der Waals surface area contributed by atoms with Gasteiger partial charge in [-0.1, -0.05) is 22.6 Å². The molecule has 4 heteroatoms. The molecule has 0 aromatic rings. The predicted octanol–water partition coefficient (Wildman–Crippen LogP) is 2.29. The van der Waals surface area contributed by atoms with Crippen molar-refractivity contribution in [3.63, 3.8) is 0 Å². The van der Waals surface area contributed by atoms with Crippen molar-refractivity contribution >= 4 is 28.5 Å². The van der Waals surface area contributed by atoms with Crippen molar-refractivity contribution in [1.29, 1.82) is 0 Å². The fraction of sp³-hybridized carbons (Fsp3) is 0.933. The quantitative estimate of drug-likeness (QED) is 0.480. The van der Waals surface area contributed by atoms with Gasteiger partial charge in [-0.15, -0.1) is 0 Å². The van der Waals surface area contributed by atoms with E-state index < -0.39 is 0 Å². The minimum Gasteiger partial charge on any atom is -0.338 e. The largest absolute Gasteiger partial charge is 0.338 e. The highest BCUT2D eigenvalue weighted by Crippen LogP contribution is 2.45. The van der Waals surface area contributed by atoms with Gasteiger partial charge in [-0.25, -0.2) is 0 Å². The molecule has 4 saturated heterocycles. The Morgan fingerprint density at radius 3 is 2.68 bits per heavy atom. The van der Waals surface area contributed by atoms with Crippen LogP contribution in [0, 0.1) is 11.8 Å². The van der Waals surface area contributed by atoms with E-state index >= 15 is 0 Å². The number of alkyl halides is 1. The molecule has 19 heavy (non-hydrogen) atoms. The molecule has 0 spiro atoms. The Labute approximate surface area is 129 Å². The molecule has 4 fully saturated rings. The minimum atomic E-state index is 0.244. The van der Waals surface area contributed by atoms with E-state index in [1.54, 1.807) is 0 Å². The van der Waals surface area contributed by atoms with Gasteiger partial charge in [-0.05, 0) is 63.5 Å². The number of hydrogen-bond donors (Lipinski definition) is 0. The van der Waals surface area contributed by atoms with E-state index in [1.807, 2.05) is 0 Å².